The van der Waals surface area contributed by atoms with Gasteiger partial charge in [-0.2, -0.15) is 5.10 Å². The van der Waals surface area contributed by atoms with Crippen LogP contribution in [0.25, 0.3) is 0 Å². The number of piperidine rings is 1. The van der Waals surface area contributed by atoms with E-state index in [2.05, 4.69) is 10.2 Å². The van der Waals surface area contributed by atoms with E-state index in [1.165, 1.54) is 6.26 Å². The van der Waals surface area contributed by atoms with Gasteiger partial charge in [-0.1, -0.05) is 0 Å². The zero-order valence-corrected chi connectivity index (χ0v) is 11.9. The highest BCUT2D eigenvalue weighted by atomic mass is 16.5. The van der Waals surface area contributed by atoms with Crippen LogP contribution in [0.2, 0.25) is 0 Å². The maximum absolute atomic E-state index is 12.3. The van der Waals surface area contributed by atoms with Gasteiger partial charge in [0.15, 0.2) is 5.76 Å². The predicted octanol–water partition coefficient (Wildman–Crippen LogP) is 2.06. The third kappa shape index (κ3) is 3.21. The Morgan fingerprint density at radius 1 is 1.38 bits per heavy atom. The molecule has 0 N–H and O–H groups in total. The Kier molecular flexibility index (Phi) is 3.85. The lowest BCUT2D eigenvalue weighted by Crippen LogP contribution is -2.44. The van der Waals surface area contributed by atoms with Crippen LogP contribution in [0, 0.1) is 6.92 Å². The molecule has 3 rings (SSSR count). The van der Waals surface area contributed by atoms with Crippen molar-refractivity contribution < 1.29 is 13.9 Å². The molecule has 0 saturated carbocycles. The Hall–Kier alpha value is -2.37. The number of hydrogen-bond donors (Lipinski definition) is 0. The fourth-order valence-corrected chi connectivity index (χ4v) is 2.40. The van der Waals surface area contributed by atoms with Crippen molar-refractivity contribution in [1.82, 2.24) is 15.1 Å². The zero-order chi connectivity index (χ0) is 14.7. The van der Waals surface area contributed by atoms with Gasteiger partial charge in [0, 0.05) is 12.6 Å². The summed E-state index contributed by atoms with van der Waals surface area (Å²) in [7, 11) is 0. The average Bonchev–Trinajstić information content (AvgIpc) is 3.03. The van der Waals surface area contributed by atoms with E-state index in [0.717, 1.165) is 25.1 Å². The summed E-state index contributed by atoms with van der Waals surface area (Å²) in [5, 5.41) is 7.97. The van der Waals surface area contributed by atoms with E-state index in [1.807, 2.05) is 13.0 Å². The lowest BCUT2D eigenvalue weighted by atomic mass is 10.1. The molecule has 0 unspecified atom stereocenters. The molecule has 0 bridgehead atoms. The number of carbonyl (C=O) groups is 1. The molecular formula is C15H17N3O3. The number of aromatic nitrogens is 2. The van der Waals surface area contributed by atoms with E-state index >= 15 is 0 Å². The maximum atomic E-state index is 12.3. The molecule has 6 nitrogen and oxygen atoms in total. The number of amides is 1. The van der Waals surface area contributed by atoms with Crippen LogP contribution in [-0.4, -0.2) is 40.2 Å². The van der Waals surface area contributed by atoms with Crippen LogP contribution in [0.15, 0.2) is 34.9 Å². The van der Waals surface area contributed by atoms with E-state index in [9.17, 15) is 4.79 Å². The molecule has 6 heteroatoms. The monoisotopic (exact) mass is 287 g/mol. The summed E-state index contributed by atoms with van der Waals surface area (Å²) >= 11 is 0. The van der Waals surface area contributed by atoms with Crippen molar-refractivity contribution in [3.05, 3.63) is 42.0 Å². The molecule has 1 aliphatic heterocycles. The number of carbonyl (C=O) groups excluding carboxylic acids is 1. The lowest BCUT2D eigenvalue weighted by Gasteiger charge is -2.31. The zero-order valence-electron chi connectivity index (χ0n) is 11.9. The number of rotatable bonds is 3. The quantitative estimate of drug-likeness (QED) is 0.864. The molecule has 1 fully saturated rings. The van der Waals surface area contributed by atoms with Gasteiger partial charge in [0.25, 0.3) is 5.91 Å². The molecule has 1 atom stereocenters. The standard InChI is InChI=1S/C15H17N3O3/c1-11-6-7-14(17-16-11)21-12-4-2-8-18(10-12)15(19)13-5-3-9-20-13/h3,5-7,9,12H,2,4,8,10H2,1H3/t12-/m0/s1. The van der Waals surface area contributed by atoms with Gasteiger partial charge in [0.2, 0.25) is 5.88 Å². The Bertz CT molecular complexity index is 595. The Morgan fingerprint density at radius 3 is 3.00 bits per heavy atom. The fraction of sp³-hybridized carbons (Fsp3) is 0.400. The third-order valence-electron chi connectivity index (χ3n) is 3.46. The van der Waals surface area contributed by atoms with Gasteiger partial charge >= 0.3 is 0 Å². The molecule has 0 aromatic carbocycles. The van der Waals surface area contributed by atoms with Crippen molar-refractivity contribution in [2.75, 3.05) is 13.1 Å². The van der Waals surface area contributed by atoms with E-state index in [1.54, 1.807) is 23.1 Å². The number of likely N-dealkylation sites (tertiary alicyclic amines) is 1. The minimum absolute atomic E-state index is 0.0605. The molecule has 2 aromatic rings. The first-order valence-electron chi connectivity index (χ1n) is 7.02. The number of nitrogens with zero attached hydrogens (tertiary/aromatic N) is 3. The van der Waals surface area contributed by atoms with Crippen molar-refractivity contribution in [2.24, 2.45) is 0 Å². The molecule has 0 radical (unpaired) electrons. The average molecular weight is 287 g/mol. The highest BCUT2D eigenvalue weighted by molar-refractivity contribution is 5.91. The second-order valence-corrected chi connectivity index (χ2v) is 5.12. The van der Waals surface area contributed by atoms with Crippen LogP contribution < -0.4 is 4.74 Å². The van der Waals surface area contributed by atoms with Gasteiger partial charge in [-0.15, -0.1) is 5.10 Å². The van der Waals surface area contributed by atoms with Gasteiger partial charge in [0.1, 0.15) is 6.10 Å². The first-order valence-corrected chi connectivity index (χ1v) is 7.02. The molecule has 3 heterocycles. The number of furan rings is 1. The molecule has 110 valence electrons. The van der Waals surface area contributed by atoms with E-state index in [-0.39, 0.29) is 12.0 Å². The predicted molar refractivity (Wildman–Crippen MR) is 75.0 cm³/mol. The molecular weight excluding hydrogens is 270 g/mol. The van der Waals surface area contributed by atoms with Crippen LogP contribution in [0.4, 0.5) is 0 Å². The lowest BCUT2D eigenvalue weighted by molar-refractivity contribution is 0.0498. The number of ether oxygens (including phenoxy) is 1. The van der Waals surface area contributed by atoms with Crippen LogP contribution in [0.1, 0.15) is 29.1 Å². The summed E-state index contributed by atoms with van der Waals surface area (Å²) in [5.74, 6) is 0.770. The second kappa shape index (κ2) is 5.95. The van der Waals surface area contributed by atoms with Crippen LogP contribution >= 0.6 is 0 Å². The molecule has 21 heavy (non-hydrogen) atoms. The summed E-state index contributed by atoms with van der Waals surface area (Å²) in [6, 6.07) is 7.05. The summed E-state index contributed by atoms with van der Waals surface area (Å²) in [6.07, 6.45) is 3.25. The molecule has 0 spiro atoms. The van der Waals surface area contributed by atoms with E-state index < -0.39 is 0 Å². The summed E-state index contributed by atoms with van der Waals surface area (Å²) in [4.78, 5) is 14.0. The van der Waals surface area contributed by atoms with Crippen molar-refractivity contribution in [2.45, 2.75) is 25.9 Å². The highest BCUT2D eigenvalue weighted by Gasteiger charge is 2.27. The normalized spacial score (nSPS) is 18.5. The van der Waals surface area contributed by atoms with Crippen LogP contribution in [0.5, 0.6) is 5.88 Å². The van der Waals surface area contributed by atoms with Crippen molar-refractivity contribution in [3.63, 3.8) is 0 Å². The molecule has 2 aromatic heterocycles. The van der Waals surface area contributed by atoms with Gasteiger partial charge in [-0.25, -0.2) is 0 Å². The largest absolute Gasteiger partial charge is 0.471 e. The molecule has 1 saturated heterocycles. The van der Waals surface area contributed by atoms with E-state index in [4.69, 9.17) is 9.15 Å². The van der Waals surface area contributed by atoms with Crippen molar-refractivity contribution in [1.29, 1.82) is 0 Å². The van der Waals surface area contributed by atoms with Gasteiger partial charge < -0.3 is 14.1 Å². The summed E-state index contributed by atoms with van der Waals surface area (Å²) in [5.41, 5.74) is 0.848. The summed E-state index contributed by atoms with van der Waals surface area (Å²) in [6.45, 7) is 3.13. The Morgan fingerprint density at radius 2 is 2.29 bits per heavy atom. The van der Waals surface area contributed by atoms with Gasteiger partial charge in [-0.05, 0) is 38.0 Å². The number of aryl methyl sites for hydroxylation is 1. The molecule has 0 aliphatic carbocycles. The first-order chi connectivity index (χ1) is 10.2. The Balaban J connectivity index is 1.63. The first kappa shape index (κ1) is 13.6. The van der Waals surface area contributed by atoms with Crippen molar-refractivity contribution >= 4 is 5.91 Å². The fourth-order valence-electron chi connectivity index (χ4n) is 2.40. The second-order valence-electron chi connectivity index (χ2n) is 5.12. The topological polar surface area (TPSA) is 68.5 Å². The highest BCUT2D eigenvalue weighted by Crippen LogP contribution is 2.18. The SMILES string of the molecule is Cc1ccc(O[C@H]2CCCN(C(=O)c3ccco3)C2)nn1. The molecule has 1 aliphatic rings. The number of hydrogen-bond acceptors (Lipinski definition) is 5. The van der Waals surface area contributed by atoms with Crippen molar-refractivity contribution in [3.8, 4) is 5.88 Å². The minimum Gasteiger partial charge on any atom is -0.471 e. The van der Waals surface area contributed by atoms with E-state index in [0.29, 0.717) is 18.2 Å². The van der Waals surface area contributed by atoms with Gasteiger partial charge in [-0.3, -0.25) is 4.79 Å². The minimum atomic E-state index is -0.0942. The smallest absolute Gasteiger partial charge is 0.289 e. The van der Waals surface area contributed by atoms with Crippen LogP contribution in [0.3, 0.4) is 0 Å². The Labute approximate surface area is 122 Å². The van der Waals surface area contributed by atoms with Gasteiger partial charge in [0.05, 0.1) is 18.5 Å². The van der Waals surface area contributed by atoms with Crippen LogP contribution in [-0.2, 0) is 0 Å². The maximum Gasteiger partial charge on any atom is 0.289 e. The molecule has 1 amide bonds. The summed E-state index contributed by atoms with van der Waals surface area (Å²) < 4.78 is 11.0. The third-order valence-corrected chi connectivity index (χ3v) is 3.46.